The predicted octanol–water partition coefficient (Wildman–Crippen LogP) is 5.01. The van der Waals surface area contributed by atoms with E-state index in [9.17, 15) is 18.0 Å². The Hall–Kier alpha value is -1.10. The number of alkyl halides is 3. The number of carbonyl (C=O) groups excluding carboxylic acids is 1. The van der Waals surface area contributed by atoms with Gasteiger partial charge < -0.3 is 0 Å². The second-order valence-electron chi connectivity index (χ2n) is 4.07. The van der Waals surface area contributed by atoms with Crippen LogP contribution in [0.3, 0.4) is 0 Å². The summed E-state index contributed by atoms with van der Waals surface area (Å²) in [6.45, 7) is 5.43. The maximum absolute atomic E-state index is 12.5. The first-order valence-electron chi connectivity index (χ1n) is 5.26. The molecule has 1 aromatic rings. The lowest BCUT2D eigenvalue weighted by Crippen LogP contribution is -2.08. The molecule has 0 atom stereocenters. The Kier molecular flexibility index (Phi) is 4.73. The van der Waals surface area contributed by atoms with Gasteiger partial charge in [-0.05, 0) is 31.5 Å². The van der Waals surface area contributed by atoms with Crippen LogP contribution in [-0.2, 0) is 6.18 Å². The van der Waals surface area contributed by atoms with Gasteiger partial charge >= 0.3 is 6.18 Å². The second kappa shape index (κ2) is 5.69. The van der Waals surface area contributed by atoms with Gasteiger partial charge in [0.15, 0.2) is 5.78 Å². The molecule has 0 radical (unpaired) electrons. The Labute approximate surface area is 112 Å². The quantitative estimate of drug-likeness (QED) is 0.563. The predicted molar refractivity (Wildman–Crippen MR) is 67.5 cm³/mol. The third kappa shape index (κ3) is 3.98. The molecular weight excluding hydrogens is 309 g/mol. The summed E-state index contributed by atoms with van der Waals surface area (Å²) in [6, 6.07) is 3.07. The largest absolute Gasteiger partial charge is 0.416 e. The smallest absolute Gasteiger partial charge is 0.294 e. The Balaban J connectivity index is 3.01. The van der Waals surface area contributed by atoms with Crippen molar-refractivity contribution in [3.05, 3.63) is 46.0 Å². The van der Waals surface area contributed by atoms with Gasteiger partial charge in [-0.15, -0.1) is 6.58 Å². The third-order valence-electron chi connectivity index (χ3n) is 2.37. The minimum absolute atomic E-state index is 0.0612. The normalized spacial score (nSPS) is 11.4. The molecule has 0 spiro atoms. The van der Waals surface area contributed by atoms with Gasteiger partial charge in [0.05, 0.1) is 5.56 Å². The molecule has 0 saturated carbocycles. The van der Waals surface area contributed by atoms with E-state index in [1.807, 2.05) is 0 Å². The zero-order valence-electron chi connectivity index (χ0n) is 9.77. The molecular formula is C13H12BrF3O. The molecule has 0 aromatic heterocycles. The number of Topliss-reactive ketones (excluding diaryl/α,β-unsaturated/α-hetero) is 1. The highest BCUT2D eigenvalue weighted by Crippen LogP contribution is 2.32. The standard InChI is InChI=1S/C13H12BrF3O/c1-8(2)3-6-12(18)10-7-9(13(15,16)17)4-5-11(10)14/h4-5,7H,1,3,6H2,2H3. The van der Waals surface area contributed by atoms with Crippen molar-refractivity contribution in [1.82, 2.24) is 0 Å². The molecule has 98 valence electrons. The fourth-order valence-corrected chi connectivity index (χ4v) is 1.84. The number of hydrogen-bond donors (Lipinski definition) is 0. The van der Waals surface area contributed by atoms with Crippen LogP contribution >= 0.6 is 15.9 Å². The van der Waals surface area contributed by atoms with Crippen LogP contribution in [0.2, 0.25) is 0 Å². The van der Waals surface area contributed by atoms with Crippen molar-refractivity contribution in [2.45, 2.75) is 25.9 Å². The topological polar surface area (TPSA) is 17.1 Å². The van der Waals surface area contributed by atoms with Crippen LogP contribution in [0.1, 0.15) is 35.7 Å². The van der Waals surface area contributed by atoms with Gasteiger partial charge in [0.1, 0.15) is 0 Å². The van der Waals surface area contributed by atoms with Gasteiger partial charge in [-0.2, -0.15) is 13.2 Å². The molecule has 0 bridgehead atoms. The van der Waals surface area contributed by atoms with Crippen LogP contribution < -0.4 is 0 Å². The highest BCUT2D eigenvalue weighted by molar-refractivity contribution is 9.10. The second-order valence-corrected chi connectivity index (χ2v) is 4.93. The van der Waals surface area contributed by atoms with E-state index in [2.05, 4.69) is 22.5 Å². The first-order valence-corrected chi connectivity index (χ1v) is 6.05. The van der Waals surface area contributed by atoms with Gasteiger partial charge in [-0.3, -0.25) is 4.79 Å². The molecule has 1 nitrogen and oxygen atoms in total. The summed E-state index contributed by atoms with van der Waals surface area (Å²) in [4.78, 5) is 11.8. The lowest BCUT2D eigenvalue weighted by molar-refractivity contribution is -0.137. The van der Waals surface area contributed by atoms with Gasteiger partial charge in [0.25, 0.3) is 0 Å². The number of carbonyl (C=O) groups is 1. The number of benzene rings is 1. The van der Waals surface area contributed by atoms with E-state index in [1.54, 1.807) is 6.92 Å². The monoisotopic (exact) mass is 320 g/mol. The molecule has 1 aromatic carbocycles. The number of allylic oxidation sites excluding steroid dienone is 1. The van der Waals surface area contributed by atoms with Crippen molar-refractivity contribution in [2.75, 3.05) is 0 Å². The fraction of sp³-hybridized carbons (Fsp3) is 0.308. The lowest BCUT2D eigenvalue weighted by Gasteiger charge is -2.10. The van der Waals surface area contributed by atoms with Crippen molar-refractivity contribution in [3.63, 3.8) is 0 Å². The maximum atomic E-state index is 12.5. The van der Waals surface area contributed by atoms with E-state index in [-0.39, 0.29) is 17.8 Å². The van der Waals surface area contributed by atoms with Crippen LogP contribution in [0, 0.1) is 0 Å². The lowest BCUT2D eigenvalue weighted by atomic mass is 10.0. The molecule has 0 N–H and O–H groups in total. The summed E-state index contributed by atoms with van der Waals surface area (Å²) in [7, 11) is 0. The summed E-state index contributed by atoms with van der Waals surface area (Å²) in [5, 5.41) is 0. The number of hydrogen-bond acceptors (Lipinski definition) is 1. The SMILES string of the molecule is C=C(C)CCC(=O)c1cc(C(F)(F)F)ccc1Br. The van der Waals surface area contributed by atoms with Gasteiger partial charge in [-0.1, -0.05) is 21.5 Å². The summed E-state index contributed by atoms with van der Waals surface area (Å²) in [6.07, 6.45) is -3.80. The van der Waals surface area contributed by atoms with Crippen molar-refractivity contribution in [3.8, 4) is 0 Å². The first kappa shape index (κ1) is 15.0. The molecule has 0 saturated heterocycles. The average molecular weight is 321 g/mol. The van der Waals surface area contributed by atoms with Crippen LogP contribution in [0.15, 0.2) is 34.8 Å². The fourth-order valence-electron chi connectivity index (χ4n) is 1.38. The number of ketones is 1. The molecule has 5 heteroatoms. The molecule has 0 fully saturated rings. The first-order chi connectivity index (χ1) is 8.21. The molecule has 0 heterocycles. The van der Waals surface area contributed by atoms with E-state index in [4.69, 9.17) is 0 Å². The zero-order chi connectivity index (χ0) is 13.9. The van der Waals surface area contributed by atoms with E-state index in [0.29, 0.717) is 10.9 Å². The molecule has 0 aliphatic carbocycles. The van der Waals surface area contributed by atoms with Crippen molar-refractivity contribution in [1.29, 1.82) is 0 Å². The molecule has 18 heavy (non-hydrogen) atoms. The molecule has 0 aliphatic rings. The van der Waals surface area contributed by atoms with Crippen LogP contribution in [-0.4, -0.2) is 5.78 Å². The Morgan fingerprint density at radius 1 is 1.33 bits per heavy atom. The highest BCUT2D eigenvalue weighted by atomic mass is 79.9. The number of halogens is 4. The van der Waals surface area contributed by atoms with Gasteiger partial charge in [-0.25, -0.2) is 0 Å². The molecule has 0 unspecified atom stereocenters. The Morgan fingerprint density at radius 2 is 1.94 bits per heavy atom. The third-order valence-corrected chi connectivity index (χ3v) is 3.06. The maximum Gasteiger partial charge on any atom is 0.416 e. The van der Waals surface area contributed by atoms with E-state index in [1.165, 1.54) is 6.07 Å². The van der Waals surface area contributed by atoms with Crippen LogP contribution in [0.4, 0.5) is 13.2 Å². The van der Waals surface area contributed by atoms with Crippen molar-refractivity contribution in [2.24, 2.45) is 0 Å². The Morgan fingerprint density at radius 3 is 2.44 bits per heavy atom. The minimum atomic E-state index is -4.44. The van der Waals surface area contributed by atoms with Gasteiger partial charge in [0.2, 0.25) is 0 Å². The van der Waals surface area contributed by atoms with Gasteiger partial charge in [0, 0.05) is 16.5 Å². The van der Waals surface area contributed by atoms with Crippen molar-refractivity contribution >= 4 is 21.7 Å². The summed E-state index contributed by atoms with van der Waals surface area (Å²) < 4.78 is 38.0. The van der Waals surface area contributed by atoms with E-state index < -0.39 is 11.7 Å². The molecule has 0 amide bonds. The summed E-state index contributed by atoms with van der Waals surface area (Å²) >= 11 is 3.09. The highest BCUT2D eigenvalue weighted by Gasteiger charge is 2.31. The summed E-state index contributed by atoms with van der Waals surface area (Å²) in [5.41, 5.74) is 0.0712. The molecule has 0 aliphatic heterocycles. The summed E-state index contributed by atoms with van der Waals surface area (Å²) in [5.74, 6) is -0.323. The Bertz CT molecular complexity index is 478. The van der Waals surface area contributed by atoms with Crippen LogP contribution in [0.25, 0.3) is 0 Å². The zero-order valence-corrected chi connectivity index (χ0v) is 11.4. The van der Waals surface area contributed by atoms with E-state index >= 15 is 0 Å². The minimum Gasteiger partial charge on any atom is -0.294 e. The average Bonchev–Trinajstić information content (AvgIpc) is 2.24. The van der Waals surface area contributed by atoms with Crippen LogP contribution in [0.5, 0.6) is 0 Å². The van der Waals surface area contributed by atoms with Crippen molar-refractivity contribution < 1.29 is 18.0 Å². The molecule has 1 rings (SSSR count). The number of rotatable bonds is 4. The van der Waals surface area contributed by atoms with E-state index in [0.717, 1.165) is 17.7 Å².